The molecule has 10 heteroatoms. The smallest absolute Gasteiger partial charge is 0.344 e. The van der Waals surface area contributed by atoms with Gasteiger partial charge in [0.15, 0.2) is 11.5 Å². The topological polar surface area (TPSA) is 94.4 Å². The Morgan fingerprint density at radius 1 is 1.00 bits per heavy atom. The first-order valence-corrected chi connectivity index (χ1v) is 13.5. The summed E-state index contributed by atoms with van der Waals surface area (Å²) in [5.74, 6) is -1.22. The van der Waals surface area contributed by atoms with E-state index in [1.807, 2.05) is 6.92 Å². The Balaban J connectivity index is 1.64. The number of hydrogen-bond donors (Lipinski definition) is 1. The number of amides is 1. The molecule has 0 saturated carbocycles. The first kappa shape index (κ1) is 28.9. The highest BCUT2D eigenvalue weighted by Crippen LogP contribution is 2.40. The highest BCUT2D eigenvalue weighted by Gasteiger charge is 2.34. The van der Waals surface area contributed by atoms with Crippen LogP contribution in [0.1, 0.15) is 35.3 Å². The minimum atomic E-state index is -0.804. The van der Waals surface area contributed by atoms with Crippen molar-refractivity contribution in [2.75, 3.05) is 13.2 Å². The van der Waals surface area contributed by atoms with Crippen molar-refractivity contribution in [1.82, 2.24) is 0 Å². The molecule has 1 aliphatic heterocycles. The second kappa shape index (κ2) is 13.3. The third-order valence-electron chi connectivity index (χ3n) is 5.55. The molecule has 3 aromatic carbocycles. The third-order valence-corrected chi connectivity index (χ3v) is 6.90. The quantitative estimate of drug-likeness (QED) is 0.268. The van der Waals surface area contributed by atoms with Crippen molar-refractivity contribution in [3.63, 3.8) is 0 Å². The Kier molecular flexibility index (Phi) is 9.63. The summed E-state index contributed by atoms with van der Waals surface area (Å²) in [5.41, 5.74) is 1.38. The number of aliphatic hydroxyl groups is 1. The van der Waals surface area contributed by atoms with Crippen LogP contribution in [0.2, 0.25) is 5.02 Å². The highest BCUT2D eigenvalue weighted by molar-refractivity contribution is 8.18. The standard InChI is InChI=1S/C30H25ClFNO6S/c1-3-37-24-15-19(11-14-23(24)39-17-18-9-12-20(32)13-10-18)16-25-27(34)26(30(36)38-4-2)29(40-25)33-28(35)21-7-5-6-8-22(21)31/h5-16,34H,3-4,17H2,1-2H3. The molecule has 1 heterocycles. The largest absolute Gasteiger partial charge is 0.506 e. The molecule has 0 bridgehead atoms. The van der Waals surface area contributed by atoms with Gasteiger partial charge in [-0.05, 0) is 67.4 Å². The molecule has 1 amide bonds. The van der Waals surface area contributed by atoms with Crippen LogP contribution in [-0.2, 0) is 16.1 Å². The molecule has 4 rings (SSSR count). The molecule has 0 atom stereocenters. The number of nitrogens with zero attached hydrogens (tertiary/aromatic N) is 1. The molecule has 0 radical (unpaired) electrons. The second-order valence-electron chi connectivity index (χ2n) is 8.31. The van der Waals surface area contributed by atoms with Gasteiger partial charge in [0.1, 0.15) is 28.8 Å². The van der Waals surface area contributed by atoms with Gasteiger partial charge in [-0.15, -0.1) is 0 Å². The van der Waals surface area contributed by atoms with Crippen LogP contribution in [0.5, 0.6) is 11.5 Å². The maximum absolute atomic E-state index is 13.2. The van der Waals surface area contributed by atoms with E-state index in [4.69, 9.17) is 25.8 Å². The van der Waals surface area contributed by atoms with E-state index < -0.39 is 11.9 Å². The van der Waals surface area contributed by atoms with Gasteiger partial charge in [-0.1, -0.05) is 53.7 Å². The van der Waals surface area contributed by atoms with Gasteiger partial charge in [0.05, 0.1) is 28.7 Å². The fourth-order valence-electron chi connectivity index (χ4n) is 3.67. The Bertz CT molecular complexity index is 1520. The van der Waals surface area contributed by atoms with E-state index in [2.05, 4.69) is 4.99 Å². The summed E-state index contributed by atoms with van der Waals surface area (Å²) < 4.78 is 29.9. The van der Waals surface area contributed by atoms with E-state index in [9.17, 15) is 19.1 Å². The van der Waals surface area contributed by atoms with Crippen LogP contribution in [0.4, 0.5) is 4.39 Å². The zero-order chi connectivity index (χ0) is 28.6. The number of esters is 1. The summed E-state index contributed by atoms with van der Waals surface area (Å²) in [6.07, 6.45) is 1.63. The van der Waals surface area contributed by atoms with E-state index in [-0.39, 0.29) is 50.9 Å². The number of halogens is 2. The molecule has 1 N–H and O–H groups in total. The van der Waals surface area contributed by atoms with Gasteiger partial charge in [0.2, 0.25) is 0 Å². The van der Waals surface area contributed by atoms with Gasteiger partial charge < -0.3 is 19.3 Å². The van der Waals surface area contributed by atoms with Crippen molar-refractivity contribution in [2.24, 2.45) is 4.99 Å². The van der Waals surface area contributed by atoms with Crippen molar-refractivity contribution < 1.29 is 33.3 Å². The summed E-state index contributed by atoms with van der Waals surface area (Å²) >= 11 is 7.09. The Labute approximate surface area is 239 Å². The normalized spacial score (nSPS) is 15.0. The molecular weight excluding hydrogens is 557 g/mol. The van der Waals surface area contributed by atoms with Crippen molar-refractivity contribution >= 4 is 46.4 Å². The number of aliphatic hydroxyl groups excluding tert-OH is 1. The summed E-state index contributed by atoms with van der Waals surface area (Å²) in [6, 6.07) is 17.6. The van der Waals surface area contributed by atoms with Crippen LogP contribution in [-0.4, -0.2) is 35.2 Å². The third kappa shape index (κ3) is 6.91. The van der Waals surface area contributed by atoms with Crippen molar-refractivity contribution in [3.8, 4) is 11.5 Å². The molecule has 7 nitrogen and oxygen atoms in total. The second-order valence-corrected chi connectivity index (χ2v) is 9.75. The summed E-state index contributed by atoms with van der Waals surface area (Å²) in [7, 11) is 0. The maximum Gasteiger partial charge on any atom is 0.344 e. The van der Waals surface area contributed by atoms with Crippen LogP contribution in [0, 0.1) is 5.82 Å². The van der Waals surface area contributed by atoms with Crippen LogP contribution >= 0.6 is 23.4 Å². The van der Waals surface area contributed by atoms with E-state index in [1.54, 1.807) is 61.5 Å². The first-order chi connectivity index (χ1) is 19.3. The number of benzene rings is 3. The van der Waals surface area contributed by atoms with Gasteiger partial charge in [0, 0.05) is 0 Å². The van der Waals surface area contributed by atoms with Gasteiger partial charge in [-0.3, -0.25) is 4.79 Å². The Hall–Kier alpha value is -4.08. The van der Waals surface area contributed by atoms with Crippen molar-refractivity contribution in [3.05, 3.63) is 110 Å². The Morgan fingerprint density at radius 2 is 1.75 bits per heavy atom. The Morgan fingerprint density at radius 3 is 2.45 bits per heavy atom. The van der Waals surface area contributed by atoms with Crippen LogP contribution in [0.3, 0.4) is 0 Å². The zero-order valence-electron chi connectivity index (χ0n) is 21.6. The molecule has 0 fully saturated rings. The van der Waals surface area contributed by atoms with Gasteiger partial charge >= 0.3 is 5.97 Å². The summed E-state index contributed by atoms with van der Waals surface area (Å²) in [4.78, 5) is 29.9. The summed E-state index contributed by atoms with van der Waals surface area (Å²) in [6.45, 7) is 4.13. The molecule has 3 aromatic rings. The molecule has 0 unspecified atom stereocenters. The van der Waals surface area contributed by atoms with Crippen LogP contribution < -0.4 is 9.47 Å². The molecule has 0 spiro atoms. The number of carbonyl (C=O) groups is 2. The lowest BCUT2D eigenvalue weighted by Gasteiger charge is -2.13. The highest BCUT2D eigenvalue weighted by atomic mass is 35.5. The van der Waals surface area contributed by atoms with Crippen LogP contribution in [0.15, 0.2) is 88.0 Å². The lowest BCUT2D eigenvalue weighted by Crippen LogP contribution is -2.14. The minimum Gasteiger partial charge on any atom is -0.506 e. The number of hydrogen-bond acceptors (Lipinski definition) is 7. The van der Waals surface area contributed by atoms with Crippen LogP contribution in [0.25, 0.3) is 6.08 Å². The van der Waals surface area contributed by atoms with Gasteiger partial charge in [0.25, 0.3) is 5.91 Å². The zero-order valence-corrected chi connectivity index (χ0v) is 23.2. The van der Waals surface area contributed by atoms with E-state index in [0.717, 1.165) is 17.3 Å². The van der Waals surface area contributed by atoms with Gasteiger partial charge in [-0.25, -0.2) is 14.2 Å². The molecule has 0 saturated heterocycles. The molecule has 40 heavy (non-hydrogen) atoms. The number of thioether (sulfide) groups is 1. The SMILES string of the molecule is CCOC(=O)C1=C(O)C(=Cc2ccc(OCc3ccc(F)cc3)c(OCC)c2)SC1=NC(=O)c1ccccc1Cl. The van der Waals surface area contributed by atoms with Crippen molar-refractivity contribution in [1.29, 1.82) is 0 Å². The maximum atomic E-state index is 13.2. The molecule has 0 aromatic heterocycles. The molecule has 206 valence electrons. The average molecular weight is 582 g/mol. The monoisotopic (exact) mass is 581 g/mol. The van der Waals surface area contributed by atoms with E-state index in [1.165, 1.54) is 18.2 Å². The van der Waals surface area contributed by atoms with Gasteiger partial charge in [-0.2, -0.15) is 0 Å². The minimum absolute atomic E-state index is 0.00333. The average Bonchev–Trinajstić information content (AvgIpc) is 3.23. The number of aliphatic imine (C=N–C) groups is 1. The number of rotatable bonds is 9. The van der Waals surface area contributed by atoms with E-state index in [0.29, 0.717) is 23.7 Å². The molecule has 1 aliphatic rings. The molecule has 0 aliphatic carbocycles. The van der Waals surface area contributed by atoms with E-state index >= 15 is 0 Å². The lowest BCUT2D eigenvalue weighted by molar-refractivity contribution is -0.138. The fourth-order valence-corrected chi connectivity index (χ4v) is 4.90. The summed E-state index contributed by atoms with van der Waals surface area (Å²) in [5, 5.41) is 11.2. The first-order valence-electron chi connectivity index (χ1n) is 12.3. The molecular formula is C30H25ClFNO6S. The lowest BCUT2D eigenvalue weighted by atomic mass is 10.1. The fraction of sp³-hybridized carbons (Fsp3) is 0.167. The number of carbonyl (C=O) groups excluding carboxylic acids is 2. The predicted octanol–water partition coefficient (Wildman–Crippen LogP) is 7.16. The predicted molar refractivity (Wildman–Crippen MR) is 153 cm³/mol. The van der Waals surface area contributed by atoms with Crippen molar-refractivity contribution in [2.45, 2.75) is 20.5 Å². The number of ether oxygens (including phenoxy) is 3.